The molecule has 3 N–H and O–H groups in total. The van der Waals surface area contributed by atoms with Gasteiger partial charge in [-0.15, -0.1) is 24.0 Å². The van der Waals surface area contributed by atoms with Crippen molar-refractivity contribution in [1.82, 2.24) is 15.1 Å². The van der Waals surface area contributed by atoms with E-state index in [4.69, 9.17) is 5.73 Å². The van der Waals surface area contributed by atoms with Gasteiger partial charge in [-0.1, -0.05) is 19.1 Å². The number of amides is 1. The van der Waals surface area contributed by atoms with Crippen LogP contribution in [0.15, 0.2) is 29.3 Å². The number of likely N-dealkylation sites (N-methyl/N-ethyl adjacent to an activating group) is 1. The minimum atomic E-state index is 0. The molecule has 1 unspecified atom stereocenters. The van der Waals surface area contributed by atoms with Crippen LogP contribution in [0.2, 0.25) is 0 Å². The Bertz CT molecular complexity index is 643. The number of hydrogen-bond acceptors (Lipinski definition) is 3. The highest BCUT2D eigenvalue weighted by Gasteiger charge is 2.22. The maximum Gasteiger partial charge on any atom is 0.253 e. The van der Waals surface area contributed by atoms with E-state index in [1.807, 2.05) is 29.2 Å². The molecule has 6 nitrogen and oxygen atoms in total. The second-order valence-corrected chi connectivity index (χ2v) is 7.56. The Morgan fingerprint density at radius 1 is 1.14 bits per heavy atom. The van der Waals surface area contributed by atoms with Gasteiger partial charge in [-0.25, -0.2) is 4.99 Å². The van der Waals surface area contributed by atoms with Gasteiger partial charge in [-0.2, -0.15) is 0 Å². The van der Waals surface area contributed by atoms with Crippen LogP contribution in [0.3, 0.4) is 0 Å². The molecule has 3 rings (SSSR count). The third kappa shape index (κ3) is 6.34. The average molecular weight is 499 g/mol. The molecule has 2 heterocycles. The summed E-state index contributed by atoms with van der Waals surface area (Å²) in [4.78, 5) is 21.4. The number of aliphatic imine (C=N–C) groups is 1. The number of hydrogen-bond donors (Lipinski definition) is 2. The topological polar surface area (TPSA) is 74.0 Å². The molecule has 0 radical (unpaired) electrons. The number of rotatable bonds is 6. The molecular formula is C21H34IN5O. The zero-order valence-electron chi connectivity index (χ0n) is 16.9. The van der Waals surface area contributed by atoms with E-state index < -0.39 is 0 Å². The fourth-order valence-electron chi connectivity index (χ4n) is 4.03. The van der Waals surface area contributed by atoms with Crippen molar-refractivity contribution in [2.24, 2.45) is 10.7 Å². The molecule has 2 aliphatic heterocycles. The van der Waals surface area contributed by atoms with Crippen molar-refractivity contribution in [3.05, 3.63) is 35.4 Å². The minimum Gasteiger partial charge on any atom is -0.370 e. The largest absolute Gasteiger partial charge is 0.370 e. The van der Waals surface area contributed by atoms with Crippen LogP contribution in [-0.2, 0) is 6.54 Å². The van der Waals surface area contributed by atoms with Gasteiger partial charge >= 0.3 is 0 Å². The SMILES string of the molecule is CCN1CCCC1CNC(N)=NCc1ccc(C(=O)N2CCCCC2)cc1.I. The Labute approximate surface area is 186 Å². The Hall–Kier alpha value is -1.35. The zero-order valence-corrected chi connectivity index (χ0v) is 19.2. The third-order valence-electron chi connectivity index (χ3n) is 5.70. The third-order valence-corrected chi connectivity index (χ3v) is 5.70. The molecule has 0 bridgehead atoms. The standard InChI is InChI=1S/C21H33N5O.HI/c1-2-25-14-6-7-19(25)16-24-21(22)23-15-17-8-10-18(11-9-17)20(27)26-12-4-3-5-13-26;/h8-11,19H,2-7,12-16H2,1H3,(H3,22,23,24);1H. The van der Waals surface area contributed by atoms with Crippen LogP contribution >= 0.6 is 24.0 Å². The lowest BCUT2D eigenvalue weighted by Gasteiger charge is -2.26. The number of halogens is 1. The first kappa shape index (κ1) is 22.9. The molecule has 0 aliphatic carbocycles. The molecule has 2 saturated heterocycles. The molecule has 156 valence electrons. The molecule has 0 saturated carbocycles. The van der Waals surface area contributed by atoms with Gasteiger partial charge in [0.2, 0.25) is 0 Å². The molecule has 2 aliphatic rings. The van der Waals surface area contributed by atoms with Crippen molar-refractivity contribution in [2.75, 3.05) is 32.7 Å². The Kier molecular flexibility index (Phi) is 9.50. The van der Waals surface area contributed by atoms with Crippen LogP contribution in [0.25, 0.3) is 0 Å². The summed E-state index contributed by atoms with van der Waals surface area (Å²) in [5, 5.41) is 3.26. The van der Waals surface area contributed by atoms with Gasteiger partial charge < -0.3 is 16.0 Å². The van der Waals surface area contributed by atoms with Gasteiger partial charge in [0, 0.05) is 31.2 Å². The molecule has 28 heavy (non-hydrogen) atoms. The molecule has 1 atom stereocenters. The molecule has 1 amide bonds. The van der Waals surface area contributed by atoms with Crippen molar-refractivity contribution < 1.29 is 4.79 Å². The normalized spacial score (nSPS) is 20.7. The number of piperidine rings is 1. The van der Waals surface area contributed by atoms with E-state index in [-0.39, 0.29) is 29.9 Å². The summed E-state index contributed by atoms with van der Waals surface area (Å²) in [5.41, 5.74) is 7.84. The number of likely N-dealkylation sites (tertiary alicyclic amines) is 2. The fourth-order valence-corrected chi connectivity index (χ4v) is 4.03. The smallest absolute Gasteiger partial charge is 0.253 e. The lowest BCUT2D eigenvalue weighted by molar-refractivity contribution is 0.0724. The predicted molar refractivity (Wildman–Crippen MR) is 125 cm³/mol. The number of carbonyl (C=O) groups is 1. The van der Waals surface area contributed by atoms with Gasteiger partial charge in [0.1, 0.15) is 0 Å². The monoisotopic (exact) mass is 499 g/mol. The second-order valence-electron chi connectivity index (χ2n) is 7.56. The first-order valence-corrected chi connectivity index (χ1v) is 10.3. The van der Waals surface area contributed by atoms with Crippen LogP contribution < -0.4 is 11.1 Å². The van der Waals surface area contributed by atoms with E-state index in [1.165, 1.54) is 25.8 Å². The quantitative estimate of drug-likeness (QED) is 0.359. The number of nitrogens with zero attached hydrogens (tertiary/aromatic N) is 3. The van der Waals surface area contributed by atoms with Crippen molar-refractivity contribution in [1.29, 1.82) is 0 Å². The Morgan fingerprint density at radius 3 is 2.54 bits per heavy atom. The molecular weight excluding hydrogens is 465 g/mol. The van der Waals surface area contributed by atoms with Crippen LogP contribution in [0.5, 0.6) is 0 Å². The van der Waals surface area contributed by atoms with Gasteiger partial charge in [0.15, 0.2) is 5.96 Å². The lowest BCUT2D eigenvalue weighted by atomic mass is 10.1. The number of nitrogens with two attached hydrogens (primary N) is 1. The number of guanidine groups is 1. The van der Waals surface area contributed by atoms with Crippen LogP contribution in [0.4, 0.5) is 0 Å². The van der Waals surface area contributed by atoms with Crippen LogP contribution in [0.1, 0.15) is 54.9 Å². The second kappa shape index (κ2) is 11.6. The first-order valence-electron chi connectivity index (χ1n) is 10.3. The first-order chi connectivity index (χ1) is 13.2. The molecule has 7 heteroatoms. The number of nitrogens with one attached hydrogen (secondary N) is 1. The molecule has 1 aromatic carbocycles. The summed E-state index contributed by atoms with van der Waals surface area (Å²) < 4.78 is 0. The van der Waals surface area contributed by atoms with E-state index in [2.05, 4.69) is 22.1 Å². The Balaban J connectivity index is 0.00000280. The summed E-state index contributed by atoms with van der Waals surface area (Å²) in [6.45, 7) is 7.61. The van der Waals surface area contributed by atoms with E-state index >= 15 is 0 Å². The van der Waals surface area contributed by atoms with Gasteiger partial charge in [-0.3, -0.25) is 9.69 Å². The van der Waals surface area contributed by atoms with E-state index in [0.29, 0.717) is 18.5 Å². The lowest BCUT2D eigenvalue weighted by Crippen LogP contribution is -2.42. The predicted octanol–water partition coefficient (Wildman–Crippen LogP) is 2.82. The van der Waals surface area contributed by atoms with Gasteiger partial charge in [0.05, 0.1) is 6.54 Å². The minimum absolute atomic E-state index is 0. The summed E-state index contributed by atoms with van der Waals surface area (Å²) in [5.74, 6) is 0.634. The van der Waals surface area contributed by atoms with Crippen molar-refractivity contribution in [3.63, 3.8) is 0 Å². The number of carbonyl (C=O) groups excluding carboxylic acids is 1. The number of benzene rings is 1. The van der Waals surface area contributed by atoms with Gasteiger partial charge in [-0.05, 0) is 62.9 Å². The van der Waals surface area contributed by atoms with Crippen LogP contribution in [-0.4, -0.2) is 60.4 Å². The molecule has 0 aromatic heterocycles. The van der Waals surface area contributed by atoms with Crippen molar-refractivity contribution >= 4 is 35.8 Å². The van der Waals surface area contributed by atoms with E-state index in [1.54, 1.807) is 0 Å². The molecule has 2 fully saturated rings. The maximum absolute atomic E-state index is 12.5. The van der Waals surface area contributed by atoms with Crippen molar-refractivity contribution in [3.8, 4) is 0 Å². The Morgan fingerprint density at radius 2 is 1.86 bits per heavy atom. The highest BCUT2D eigenvalue weighted by Crippen LogP contribution is 2.16. The summed E-state index contributed by atoms with van der Waals surface area (Å²) >= 11 is 0. The zero-order chi connectivity index (χ0) is 19.1. The highest BCUT2D eigenvalue weighted by molar-refractivity contribution is 14.0. The van der Waals surface area contributed by atoms with E-state index in [0.717, 1.165) is 50.1 Å². The summed E-state index contributed by atoms with van der Waals surface area (Å²) in [6.07, 6.45) is 5.94. The summed E-state index contributed by atoms with van der Waals surface area (Å²) in [7, 11) is 0. The summed E-state index contributed by atoms with van der Waals surface area (Å²) in [6, 6.07) is 8.32. The average Bonchev–Trinajstić information content (AvgIpc) is 3.19. The maximum atomic E-state index is 12.5. The highest BCUT2D eigenvalue weighted by atomic mass is 127. The van der Waals surface area contributed by atoms with E-state index in [9.17, 15) is 4.79 Å². The van der Waals surface area contributed by atoms with Crippen LogP contribution in [0, 0.1) is 0 Å². The molecule has 0 spiro atoms. The van der Waals surface area contributed by atoms with Crippen molar-refractivity contribution in [2.45, 2.75) is 51.6 Å². The van der Waals surface area contributed by atoms with Gasteiger partial charge in [0.25, 0.3) is 5.91 Å². The fraction of sp³-hybridized carbons (Fsp3) is 0.619. The molecule has 1 aromatic rings.